The molecule has 24 heavy (non-hydrogen) atoms. The van der Waals surface area contributed by atoms with Crippen LogP contribution in [0.15, 0.2) is 41.3 Å². The van der Waals surface area contributed by atoms with Crippen LogP contribution in [0.5, 0.6) is 5.75 Å². The number of carbonyl (C=O) groups excluding carboxylic acids is 1. The standard InChI is InChI=1S/C16H12FN3O4/c17-10-3-1-8(2-4-10)5-9-6-11-13(19-7-9)14(21)12(15(18)22)16(23)20(11)24/h1-4,6-7,21,24H,5H2,(H2,18,22). The number of carbonyl (C=O) groups is 1. The molecule has 0 radical (unpaired) electrons. The number of nitrogens with two attached hydrogens (primary N) is 1. The van der Waals surface area contributed by atoms with E-state index in [4.69, 9.17) is 5.73 Å². The van der Waals surface area contributed by atoms with Gasteiger partial charge in [-0.25, -0.2) is 4.39 Å². The van der Waals surface area contributed by atoms with Crippen LogP contribution in [-0.4, -0.2) is 25.9 Å². The number of nitrogens with zero attached hydrogens (tertiary/aromatic N) is 2. The first-order valence-electron chi connectivity index (χ1n) is 6.88. The molecule has 3 rings (SSSR count). The number of aromatic nitrogens is 2. The molecule has 0 saturated heterocycles. The molecule has 122 valence electrons. The van der Waals surface area contributed by atoms with Crippen molar-refractivity contribution in [2.24, 2.45) is 5.73 Å². The number of rotatable bonds is 3. The van der Waals surface area contributed by atoms with Gasteiger partial charge in [0.15, 0.2) is 11.3 Å². The lowest BCUT2D eigenvalue weighted by Crippen LogP contribution is -2.29. The minimum atomic E-state index is -1.17. The molecule has 0 aliphatic rings. The molecule has 7 nitrogen and oxygen atoms in total. The highest BCUT2D eigenvalue weighted by Gasteiger charge is 2.21. The number of benzene rings is 1. The first-order valence-corrected chi connectivity index (χ1v) is 6.88. The maximum atomic E-state index is 12.9. The Balaban J connectivity index is 2.13. The minimum Gasteiger partial charge on any atom is -0.505 e. The Bertz CT molecular complexity index is 1010. The molecule has 2 heterocycles. The van der Waals surface area contributed by atoms with Gasteiger partial charge >= 0.3 is 0 Å². The second-order valence-corrected chi connectivity index (χ2v) is 5.22. The van der Waals surface area contributed by atoms with Gasteiger partial charge in [0.1, 0.15) is 16.9 Å². The summed E-state index contributed by atoms with van der Waals surface area (Å²) in [6, 6.07) is 7.27. The Morgan fingerprint density at radius 1 is 1.25 bits per heavy atom. The second-order valence-electron chi connectivity index (χ2n) is 5.22. The van der Waals surface area contributed by atoms with E-state index in [0.717, 1.165) is 5.56 Å². The quantitative estimate of drug-likeness (QED) is 0.623. The lowest BCUT2D eigenvalue weighted by molar-refractivity contribution is 0.0990. The largest absolute Gasteiger partial charge is 0.505 e. The van der Waals surface area contributed by atoms with Gasteiger partial charge in [0.05, 0.1) is 0 Å². The van der Waals surface area contributed by atoms with Crippen LogP contribution < -0.4 is 11.3 Å². The Hall–Kier alpha value is -3.42. The fraction of sp³-hybridized carbons (Fsp3) is 0.0625. The molecule has 0 unspecified atom stereocenters. The van der Waals surface area contributed by atoms with Gasteiger partial charge < -0.3 is 16.0 Å². The fourth-order valence-corrected chi connectivity index (χ4v) is 2.43. The smallest absolute Gasteiger partial charge is 0.300 e. The number of primary amides is 1. The van der Waals surface area contributed by atoms with Crippen LogP contribution in [0.25, 0.3) is 11.0 Å². The average Bonchev–Trinajstić information content (AvgIpc) is 2.55. The number of halogens is 1. The SMILES string of the molecule is NC(=O)c1c(O)c2ncc(Cc3ccc(F)cc3)cc2n(O)c1=O. The van der Waals surface area contributed by atoms with E-state index in [1.54, 1.807) is 12.1 Å². The highest BCUT2D eigenvalue weighted by Crippen LogP contribution is 2.25. The summed E-state index contributed by atoms with van der Waals surface area (Å²) < 4.78 is 13.1. The van der Waals surface area contributed by atoms with E-state index in [9.17, 15) is 24.3 Å². The summed E-state index contributed by atoms with van der Waals surface area (Å²) in [6.07, 6.45) is 1.79. The molecule has 0 spiro atoms. The predicted octanol–water partition coefficient (Wildman–Crippen LogP) is 1.17. The van der Waals surface area contributed by atoms with E-state index >= 15 is 0 Å². The van der Waals surface area contributed by atoms with Crippen molar-refractivity contribution in [1.82, 2.24) is 9.71 Å². The molecule has 0 bridgehead atoms. The van der Waals surface area contributed by atoms with Gasteiger partial charge in [-0.1, -0.05) is 12.1 Å². The lowest BCUT2D eigenvalue weighted by Gasteiger charge is -2.09. The van der Waals surface area contributed by atoms with Crippen LogP contribution in [0, 0.1) is 5.82 Å². The number of aromatic hydroxyl groups is 1. The molecule has 4 N–H and O–H groups in total. The molecule has 2 aromatic heterocycles. The summed E-state index contributed by atoms with van der Waals surface area (Å²) in [5, 5.41) is 19.9. The van der Waals surface area contributed by atoms with Crippen molar-refractivity contribution in [3.63, 3.8) is 0 Å². The molecule has 3 aromatic rings. The summed E-state index contributed by atoms with van der Waals surface area (Å²) in [4.78, 5) is 27.2. The number of hydrogen-bond donors (Lipinski definition) is 3. The van der Waals surface area contributed by atoms with E-state index in [-0.39, 0.29) is 21.6 Å². The van der Waals surface area contributed by atoms with E-state index < -0.39 is 22.8 Å². The molecule has 0 aliphatic carbocycles. The van der Waals surface area contributed by atoms with Crippen molar-refractivity contribution < 1.29 is 19.5 Å². The molecule has 0 fully saturated rings. The first-order chi connectivity index (χ1) is 11.4. The summed E-state index contributed by atoms with van der Waals surface area (Å²) in [5.74, 6) is -2.20. The fourth-order valence-electron chi connectivity index (χ4n) is 2.43. The van der Waals surface area contributed by atoms with Gasteiger partial charge in [0.2, 0.25) is 0 Å². The van der Waals surface area contributed by atoms with Crippen molar-refractivity contribution in [1.29, 1.82) is 0 Å². The lowest BCUT2D eigenvalue weighted by atomic mass is 10.1. The first kappa shape index (κ1) is 15.5. The third-order valence-corrected chi connectivity index (χ3v) is 3.59. The van der Waals surface area contributed by atoms with Gasteiger partial charge in [0, 0.05) is 6.20 Å². The van der Waals surface area contributed by atoms with Crippen LogP contribution in [0.4, 0.5) is 4.39 Å². The van der Waals surface area contributed by atoms with Crippen LogP contribution in [0.1, 0.15) is 21.5 Å². The third kappa shape index (κ3) is 2.54. The highest BCUT2D eigenvalue weighted by molar-refractivity contribution is 6.00. The maximum absolute atomic E-state index is 12.9. The highest BCUT2D eigenvalue weighted by atomic mass is 19.1. The predicted molar refractivity (Wildman–Crippen MR) is 82.6 cm³/mol. The van der Waals surface area contributed by atoms with Crippen molar-refractivity contribution in [2.75, 3.05) is 0 Å². The zero-order valence-electron chi connectivity index (χ0n) is 12.2. The third-order valence-electron chi connectivity index (χ3n) is 3.59. The number of amides is 1. The zero-order valence-corrected chi connectivity index (χ0v) is 12.2. The Labute approximate surface area is 134 Å². The zero-order chi connectivity index (χ0) is 17.4. The molecular weight excluding hydrogens is 317 g/mol. The maximum Gasteiger partial charge on any atom is 0.300 e. The van der Waals surface area contributed by atoms with Crippen molar-refractivity contribution in [3.05, 3.63) is 69.4 Å². The molecule has 0 aliphatic heterocycles. The van der Waals surface area contributed by atoms with Crippen LogP contribution in [-0.2, 0) is 6.42 Å². The Morgan fingerprint density at radius 2 is 1.92 bits per heavy atom. The monoisotopic (exact) mass is 329 g/mol. The second kappa shape index (κ2) is 5.65. The van der Waals surface area contributed by atoms with E-state index in [0.29, 0.717) is 12.0 Å². The summed E-state index contributed by atoms with van der Waals surface area (Å²) in [6.45, 7) is 0. The number of fused-ring (bicyclic) bond motifs is 1. The van der Waals surface area contributed by atoms with Crippen molar-refractivity contribution >= 4 is 16.9 Å². The van der Waals surface area contributed by atoms with Crippen molar-refractivity contribution in [3.8, 4) is 5.75 Å². The molecule has 0 atom stereocenters. The van der Waals surface area contributed by atoms with Crippen molar-refractivity contribution in [2.45, 2.75) is 6.42 Å². The van der Waals surface area contributed by atoms with E-state index in [2.05, 4.69) is 4.98 Å². The minimum absolute atomic E-state index is 0.0675. The number of hydrogen-bond acceptors (Lipinski definition) is 5. The summed E-state index contributed by atoms with van der Waals surface area (Å²) in [5.41, 5.74) is 4.38. The van der Waals surface area contributed by atoms with Crippen LogP contribution >= 0.6 is 0 Å². The molecule has 8 heteroatoms. The average molecular weight is 329 g/mol. The van der Waals surface area contributed by atoms with Gasteiger partial charge in [-0.05, 0) is 35.7 Å². The molecule has 1 amide bonds. The molecule has 1 aromatic carbocycles. The van der Waals surface area contributed by atoms with E-state index in [1.807, 2.05) is 0 Å². The van der Waals surface area contributed by atoms with Gasteiger partial charge in [-0.15, -0.1) is 4.73 Å². The van der Waals surface area contributed by atoms with Gasteiger partial charge in [-0.3, -0.25) is 14.6 Å². The van der Waals surface area contributed by atoms with Gasteiger partial charge in [-0.2, -0.15) is 0 Å². The van der Waals surface area contributed by atoms with Gasteiger partial charge in [0.25, 0.3) is 11.5 Å². The molecule has 0 saturated carbocycles. The van der Waals surface area contributed by atoms with E-state index in [1.165, 1.54) is 24.4 Å². The Kier molecular flexibility index (Phi) is 3.64. The van der Waals surface area contributed by atoms with Crippen LogP contribution in [0.2, 0.25) is 0 Å². The summed E-state index contributed by atoms with van der Waals surface area (Å²) in [7, 11) is 0. The topological polar surface area (TPSA) is 118 Å². The summed E-state index contributed by atoms with van der Waals surface area (Å²) >= 11 is 0. The molecular formula is C16H12FN3O4. The normalized spacial score (nSPS) is 10.9. The van der Waals surface area contributed by atoms with Crippen LogP contribution in [0.3, 0.4) is 0 Å². The number of pyridine rings is 2. The Morgan fingerprint density at radius 3 is 2.54 bits per heavy atom.